The molecular formula is C118H102BBrCl5NO2. The van der Waals surface area contributed by atoms with Crippen LogP contribution >= 0.6 is 73.9 Å². The van der Waals surface area contributed by atoms with E-state index in [1.165, 1.54) is 186 Å². The van der Waals surface area contributed by atoms with Gasteiger partial charge in [-0.2, -0.15) is 0 Å². The zero-order chi connectivity index (χ0) is 88.7. The van der Waals surface area contributed by atoms with Crippen molar-refractivity contribution in [3.05, 3.63) is 462 Å². The highest BCUT2D eigenvalue weighted by Gasteiger charge is 2.40. The summed E-state index contributed by atoms with van der Waals surface area (Å²) in [5.41, 5.74) is 32.0. The van der Waals surface area contributed by atoms with Crippen LogP contribution in [0.2, 0.25) is 25.1 Å². The lowest BCUT2D eigenvalue weighted by Gasteiger charge is -2.27. The fourth-order valence-electron chi connectivity index (χ4n) is 18.5. The first-order valence-electron chi connectivity index (χ1n) is 43.4. The van der Waals surface area contributed by atoms with Crippen molar-refractivity contribution in [1.29, 1.82) is 0 Å². The Morgan fingerprint density at radius 2 is 0.586 bits per heavy atom. The Bertz CT molecular complexity index is 6940. The Hall–Kier alpha value is -11.5. The number of rotatable bonds is 12. The van der Waals surface area contributed by atoms with E-state index in [0.29, 0.717) is 30.6 Å². The van der Waals surface area contributed by atoms with Crippen LogP contribution in [0.5, 0.6) is 0 Å². The average Bonchev–Trinajstić information content (AvgIpc) is 1.56. The van der Waals surface area contributed by atoms with Crippen LogP contribution in [0.3, 0.4) is 0 Å². The van der Waals surface area contributed by atoms with Crippen LogP contribution < -0.4 is 10.4 Å². The van der Waals surface area contributed by atoms with Crippen molar-refractivity contribution in [2.75, 3.05) is 4.90 Å². The number of anilines is 3. The summed E-state index contributed by atoms with van der Waals surface area (Å²) in [5, 5.41) is 27.9. The van der Waals surface area contributed by atoms with Crippen molar-refractivity contribution in [2.45, 2.75) is 105 Å². The number of benzene rings is 18. The van der Waals surface area contributed by atoms with Gasteiger partial charge < -0.3 is 14.9 Å². The third kappa shape index (κ3) is 19.3. The van der Waals surface area contributed by atoms with Crippen LogP contribution in [0.4, 0.5) is 17.1 Å². The van der Waals surface area contributed by atoms with Gasteiger partial charge in [0.1, 0.15) is 0 Å². The molecule has 0 aliphatic heterocycles. The maximum absolute atomic E-state index is 8.71. The minimum atomic E-state index is -1.52. The normalized spacial score (nSPS) is 12.6. The zero-order valence-corrected chi connectivity index (χ0v) is 77.8. The predicted molar refractivity (Wildman–Crippen MR) is 558 cm³/mol. The van der Waals surface area contributed by atoms with Gasteiger partial charge in [0.25, 0.3) is 0 Å². The topological polar surface area (TPSA) is 43.7 Å². The second-order valence-corrected chi connectivity index (χ2v) is 37.3. The first-order valence-corrected chi connectivity index (χ1v) is 46.1. The fraction of sp³-hybridized carbons (Fsp3) is 0.136. The third-order valence-corrected chi connectivity index (χ3v) is 26.5. The number of halogens is 6. The summed E-state index contributed by atoms with van der Waals surface area (Å²) in [6, 6.07) is 136. The summed E-state index contributed by atoms with van der Waals surface area (Å²) in [5.74, 6) is 0. The molecule has 3 aliphatic carbocycles. The number of unbranched alkanes of at least 4 members (excludes halogenated alkanes) is 2. The Morgan fingerprint density at radius 3 is 1.00 bits per heavy atom. The summed E-state index contributed by atoms with van der Waals surface area (Å²) in [7, 11) is -1.52. The largest absolute Gasteiger partial charge is 0.488 e. The summed E-state index contributed by atoms with van der Waals surface area (Å²) in [4.78, 5) is 2.29. The van der Waals surface area contributed by atoms with Crippen LogP contribution in [0, 0.1) is 0 Å². The number of hydrogen-bond donors (Lipinski definition) is 2. The molecule has 2 N–H and O–H groups in total. The molecule has 0 aromatic heterocycles. The molecule has 10 heteroatoms. The highest BCUT2D eigenvalue weighted by atomic mass is 79.9. The summed E-state index contributed by atoms with van der Waals surface area (Å²) in [6.45, 7) is 18.4. The van der Waals surface area contributed by atoms with Crippen LogP contribution in [0.25, 0.3) is 110 Å². The molecule has 21 rings (SSSR count). The molecule has 0 saturated heterocycles. The lowest BCUT2D eigenvalue weighted by molar-refractivity contribution is 0.426. The van der Waals surface area contributed by atoms with Crippen molar-refractivity contribution in [2.24, 2.45) is 0 Å². The molecule has 0 amide bonds. The van der Waals surface area contributed by atoms with E-state index in [-0.39, 0.29) is 23.7 Å². The molecule has 0 saturated carbocycles. The van der Waals surface area contributed by atoms with Gasteiger partial charge in [-0.25, -0.2) is 0 Å². The second kappa shape index (κ2) is 40.0. The molecule has 0 spiro atoms. The number of hydrogen-bond acceptors (Lipinski definition) is 3. The van der Waals surface area contributed by atoms with Gasteiger partial charge >= 0.3 is 7.12 Å². The molecule has 636 valence electrons. The van der Waals surface area contributed by atoms with Crippen molar-refractivity contribution in [3.63, 3.8) is 0 Å². The van der Waals surface area contributed by atoms with E-state index in [0.717, 1.165) is 34.6 Å². The number of fused-ring (bicyclic) bond motifs is 15. The smallest absolute Gasteiger partial charge is 0.423 e. The summed E-state index contributed by atoms with van der Waals surface area (Å²) in [6.07, 6.45) is 5.07. The van der Waals surface area contributed by atoms with Gasteiger partial charge in [-0.15, -0.1) is 0 Å². The fourth-order valence-corrected chi connectivity index (χ4v) is 20.3. The third-order valence-electron chi connectivity index (χ3n) is 24.8. The minimum Gasteiger partial charge on any atom is -0.423 e. The Labute approximate surface area is 789 Å². The van der Waals surface area contributed by atoms with E-state index in [4.69, 9.17) is 68.1 Å². The van der Waals surface area contributed by atoms with Crippen LogP contribution in [0.15, 0.2) is 393 Å². The monoisotopic (exact) mass is 1830 g/mol. The molecule has 18 aromatic rings. The summed E-state index contributed by atoms with van der Waals surface area (Å²) >= 11 is 34.5. The van der Waals surface area contributed by atoms with Crippen molar-refractivity contribution < 1.29 is 10.0 Å². The molecule has 3 nitrogen and oxygen atoms in total. The number of nitrogens with zero attached hydrogens (tertiary/aromatic N) is 1. The molecule has 0 radical (unpaired) electrons. The second-order valence-electron chi connectivity index (χ2n) is 34.2. The van der Waals surface area contributed by atoms with E-state index >= 15 is 0 Å². The van der Waals surface area contributed by atoms with E-state index in [1.54, 1.807) is 6.07 Å². The Balaban J connectivity index is 0.000000130. The molecule has 128 heavy (non-hydrogen) atoms. The Kier molecular flexibility index (Phi) is 28.5. The highest BCUT2D eigenvalue weighted by molar-refractivity contribution is 9.10. The van der Waals surface area contributed by atoms with Gasteiger partial charge in [-0.3, -0.25) is 0 Å². The van der Waals surface area contributed by atoms with Crippen LogP contribution in [0.1, 0.15) is 127 Å². The van der Waals surface area contributed by atoms with Gasteiger partial charge in [0, 0.05) is 62.9 Å². The van der Waals surface area contributed by atoms with E-state index < -0.39 is 7.12 Å². The van der Waals surface area contributed by atoms with Gasteiger partial charge in [0.2, 0.25) is 0 Å². The predicted octanol–water partition coefficient (Wildman–Crippen LogP) is 35.1. The maximum atomic E-state index is 8.71. The molecule has 0 bridgehead atoms. The highest BCUT2D eigenvalue weighted by Crippen LogP contribution is 2.57. The van der Waals surface area contributed by atoms with Gasteiger partial charge in [-0.1, -0.05) is 447 Å². The van der Waals surface area contributed by atoms with E-state index in [9.17, 15) is 0 Å². The van der Waals surface area contributed by atoms with Crippen molar-refractivity contribution in [3.8, 4) is 77.9 Å². The zero-order valence-electron chi connectivity index (χ0n) is 72.5. The van der Waals surface area contributed by atoms with Gasteiger partial charge in [-0.05, 0) is 264 Å². The van der Waals surface area contributed by atoms with Crippen molar-refractivity contribution in [1.82, 2.24) is 0 Å². The molecule has 0 heterocycles. The van der Waals surface area contributed by atoms with Gasteiger partial charge in [0.15, 0.2) is 0 Å². The Morgan fingerprint density at radius 1 is 0.273 bits per heavy atom. The lowest BCUT2D eigenvalue weighted by Crippen LogP contribution is -2.29. The SMILES string of the molecule is C.CC1(C)c2ccccc2-c2c1cc(-c1cc(Cl)cc(Cl)c1)c1ccccc21.CC1(C)c2ccccc2-c2c1cc(-c1cc(Cl)cc(N(c3ccccc3)c3ccc(-c4ccccc4)cc3)c1)c1ccccc21.CC1(C)c2ccccc2-c2c1cc(Br)c1ccccc21.CCCCC.OB(O)c1cc(Cl)cc(Cl)c1.c1ccc(Cc2ccc(-c3ccccc3)cc2)cc1. The van der Waals surface area contributed by atoms with Crippen LogP contribution in [-0.2, 0) is 22.7 Å². The molecular weight excluding hydrogens is 1730 g/mol. The van der Waals surface area contributed by atoms with E-state index in [1.807, 2.05) is 18.2 Å². The van der Waals surface area contributed by atoms with Crippen molar-refractivity contribution >= 4 is 136 Å². The first-order chi connectivity index (χ1) is 61.5. The maximum Gasteiger partial charge on any atom is 0.488 e. The quantitative estimate of drug-likeness (QED) is 0.120. The first kappa shape index (κ1) is 91.2. The lowest BCUT2D eigenvalue weighted by atomic mass is 9.80. The molecule has 0 atom stereocenters. The van der Waals surface area contributed by atoms with E-state index in [2.05, 4.69) is 422 Å². The average molecular weight is 1830 g/mol. The van der Waals surface area contributed by atoms with Crippen LogP contribution in [-0.4, -0.2) is 17.2 Å². The number of para-hydroxylation sites is 1. The van der Waals surface area contributed by atoms with Gasteiger partial charge in [0.05, 0.1) is 0 Å². The molecule has 3 aliphatic rings. The standard InChI is InChI=1S/C43H32ClN.C25H18Cl2.C19H15Br.C19H16.C6H5BCl2O2.C5H12.CH4/c1-43(2)40-20-12-11-19-38(40)42-37-18-10-9-17-36(37)39(28-41(42)43)31-25-32(44)27-35(26-31)45(33-15-7-4-8-16-33)34-23-21-30(22-24-34)29-13-5-3-6-14-29;1-25(2)22-10-6-5-9-20(22)24-19-8-4-3-7-18(19)21(14-23(24)25)15-11-16(26)13-17(27)12-15;1-19(2)15-10-6-5-9-14(15)18-13-8-4-3-7-12(13)17(20)11-16(18)19;1-3-7-16(8-4-1)15-17-11-13-19(14-12-17)18-9-5-2-6-10-18;8-5-1-4(7(10)11)2-6(9)3-5;1-3-5-4-2;/h3-28H,1-2H3;3-14H,1-2H3;3-11H,1-2H3;1-14H,15H2;1-3,10-11H;3-5H2,1-2H3;1H4. The molecule has 18 aromatic carbocycles. The molecule has 0 fully saturated rings. The summed E-state index contributed by atoms with van der Waals surface area (Å²) < 4.78 is 1.19. The minimum absolute atomic E-state index is 0. The molecule has 0 unspecified atom stereocenters.